The molecule has 1 unspecified atom stereocenters. The van der Waals surface area contributed by atoms with Gasteiger partial charge in [-0.05, 0) is 29.7 Å². The number of hydrogen-bond acceptors (Lipinski definition) is 0. The fourth-order valence-electron chi connectivity index (χ4n) is 1.83. The van der Waals surface area contributed by atoms with Crippen LogP contribution in [0.15, 0.2) is 23.8 Å². The summed E-state index contributed by atoms with van der Waals surface area (Å²) in [4.78, 5) is 0. The van der Waals surface area contributed by atoms with Gasteiger partial charge in [0.2, 0.25) is 0 Å². The number of allylic oxidation sites excluding steroid dienone is 4. The van der Waals surface area contributed by atoms with Gasteiger partial charge in [-0.15, -0.1) is 0 Å². The van der Waals surface area contributed by atoms with Gasteiger partial charge in [0.05, 0.1) is 0 Å². The Hall–Kier alpha value is -0.520. The van der Waals surface area contributed by atoms with E-state index in [2.05, 4.69) is 45.9 Å². The summed E-state index contributed by atoms with van der Waals surface area (Å²) >= 11 is 0. The zero-order chi connectivity index (χ0) is 9.19. The van der Waals surface area contributed by atoms with Crippen LogP contribution in [0.25, 0.3) is 0 Å². The topological polar surface area (TPSA) is 0 Å². The lowest BCUT2D eigenvalue weighted by molar-refractivity contribution is 0.272. The second-order valence-corrected chi connectivity index (χ2v) is 4.22. The molecule has 1 atom stereocenters. The molecule has 68 valence electrons. The minimum Gasteiger partial charge on any atom is -0.0804 e. The van der Waals surface area contributed by atoms with Gasteiger partial charge in [-0.1, -0.05) is 45.9 Å². The van der Waals surface area contributed by atoms with E-state index in [1.54, 1.807) is 5.57 Å². The second-order valence-electron chi connectivity index (χ2n) is 4.22. The highest BCUT2D eigenvalue weighted by atomic mass is 14.3. The summed E-state index contributed by atoms with van der Waals surface area (Å²) in [5, 5.41) is 0. The Kier molecular flexibility index (Phi) is 2.76. The van der Waals surface area contributed by atoms with Crippen molar-refractivity contribution in [1.82, 2.24) is 0 Å². The highest BCUT2D eigenvalue weighted by Gasteiger charge is 2.29. The third kappa shape index (κ3) is 1.48. The Morgan fingerprint density at radius 2 is 2.17 bits per heavy atom. The van der Waals surface area contributed by atoms with E-state index in [9.17, 15) is 0 Å². The summed E-state index contributed by atoms with van der Waals surface area (Å²) in [5.41, 5.74) is 1.94. The second kappa shape index (κ2) is 3.47. The van der Waals surface area contributed by atoms with Crippen molar-refractivity contribution in [2.24, 2.45) is 11.3 Å². The van der Waals surface area contributed by atoms with Gasteiger partial charge < -0.3 is 0 Å². The van der Waals surface area contributed by atoms with Crippen molar-refractivity contribution in [3.63, 3.8) is 0 Å². The summed E-state index contributed by atoms with van der Waals surface area (Å²) in [7, 11) is 0. The lowest BCUT2D eigenvalue weighted by Gasteiger charge is -2.33. The molecular weight excluding hydrogens is 144 g/mol. The molecule has 0 amide bonds. The molecule has 0 aromatic rings. The van der Waals surface area contributed by atoms with Gasteiger partial charge in [0.1, 0.15) is 0 Å². The van der Waals surface area contributed by atoms with Gasteiger partial charge in [0.25, 0.3) is 0 Å². The van der Waals surface area contributed by atoms with Crippen molar-refractivity contribution >= 4 is 0 Å². The zero-order valence-corrected chi connectivity index (χ0v) is 8.72. The molecule has 0 aromatic heterocycles. The Morgan fingerprint density at radius 1 is 1.50 bits per heavy atom. The third-order valence-corrected chi connectivity index (χ3v) is 3.44. The summed E-state index contributed by atoms with van der Waals surface area (Å²) < 4.78 is 0. The van der Waals surface area contributed by atoms with Crippen LogP contribution in [-0.2, 0) is 0 Å². The molecule has 0 N–H and O–H groups in total. The Balaban J connectivity index is 2.86. The van der Waals surface area contributed by atoms with E-state index in [0.29, 0.717) is 5.41 Å². The first-order valence-corrected chi connectivity index (χ1v) is 4.98. The maximum absolute atomic E-state index is 2.37. The molecule has 0 spiro atoms. The molecule has 0 fully saturated rings. The first kappa shape index (κ1) is 9.57. The van der Waals surface area contributed by atoms with Gasteiger partial charge in [0.15, 0.2) is 0 Å². The molecule has 12 heavy (non-hydrogen) atoms. The molecule has 1 rings (SSSR count). The van der Waals surface area contributed by atoms with Crippen molar-refractivity contribution in [3.8, 4) is 0 Å². The van der Waals surface area contributed by atoms with Crippen molar-refractivity contribution < 1.29 is 0 Å². The minimum absolute atomic E-state index is 0.396. The van der Waals surface area contributed by atoms with E-state index in [-0.39, 0.29) is 0 Å². The van der Waals surface area contributed by atoms with Crippen LogP contribution >= 0.6 is 0 Å². The number of rotatable bonds is 3. The molecule has 0 radical (unpaired) electrons. The molecule has 1 aliphatic rings. The average molecular weight is 164 g/mol. The standard InChI is InChI=1S/C12H20/c1-5-12(4,10(2)3)11-8-6-7-9-11/h6,8-10H,5,7H2,1-4H3. The van der Waals surface area contributed by atoms with Crippen molar-refractivity contribution in [3.05, 3.63) is 23.8 Å². The zero-order valence-electron chi connectivity index (χ0n) is 8.72. The molecule has 0 bridgehead atoms. The van der Waals surface area contributed by atoms with Crippen molar-refractivity contribution in [2.75, 3.05) is 0 Å². The SMILES string of the molecule is CCC(C)(C1=CCC=C1)C(C)C. The molecule has 0 aromatic carbocycles. The van der Waals surface area contributed by atoms with E-state index < -0.39 is 0 Å². The lowest BCUT2D eigenvalue weighted by Crippen LogP contribution is -2.23. The molecule has 0 saturated carbocycles. The Morgan fingerprint density at radius 3 is 2.50 bits per heavy atom. The fraction of sp³-hybridized carbons (Fsp3) is 0.667. The Labute approximate surface area is 76.4 Å². The highest BCUT2D eigenvalue weighted by molar-refractivity contribution is 5.32. The fourth-order valence-corrected chi connectivity index (χ4v) is 1.83. The highest BCUT2D eigenvalue weighted by Crippen LogP contribution is 2.40. The monoisotopic (exact) mass is 164 g/mol. The molecule has 0 nitrogen and oxygen atoms in total. The summed E-state index contributed by atoms with van der Waals surface area (Å²) in [6.07, 6.45) is 9.29. The normalized spacial score (nSPS) is 21.2. The molecule has 0 saturated heterocycles. The van der Waals surface area contributed by atoms with Crippen molar-refractivity contribution in [1.29, 1.82) is 0 Å². The van der Waals surface area contributed by atoms with Crippen LogP contribution in [0.1, 0.15) is 40.5 Å². The van der Waals surface area contributed by atoms with Gasteiger partial charge in [-0.25, -0.2) is 0 Å². The van der Waals surface area contributed by atoms with E-state index in [1.807, 2.05) is 0 Å². The average Bonchev–Trinajstić information content (AvgIpc) is 2.54. The Bertz CT molecular complexity index is 208. The van der Waals surface area contributed by atoms with Gasteiger partial charge in [-0.2, -0.15) is 0 Å². The third-order valence-electron chi connectivity index (χ3n) is 3.44. The minimum atomic E-state index is 0.396. The number of hydrogen-bond donors (Lipinski definition) is 0. The lowest BCUT2D eigenvalue weighted by atomic mass is 9.71. The van der Waals surface area contributed by atoms with Crippen LogP contribution in [0.5, 0.6) is 0 Å². The predicted octanol–water partition coefficient (Wildman–Crippen LogP) is 3.95. The van der Waals surface area contributed by atoms with Crippen LogP contribution < -0.4 is 0 Å². The maximum Gasteiger partial charge on any atom is -0.00580 e. The summed E-state index contributed by atoms with van der Waals surface area (Å²) in [5.74, 6) is 0.733. The molecular formula is C12H20. The quantitative estimate of drug-likeness (QED) is 0.592. The van der Waals surface area contributed by atoms with Crippen LogP contribution in [0.2, 0.25) is 0 Å². The first-order valence-electron chi connectivity index (χ1n) is 4.98. The first-order chi connectivity index (χ1) is 5.61. The van der Waals surface area contributed by atoms with E-state index in [4.69, 9.17) is 0 Å². The molecule has 0 heterocycles. The smallest absolute Gasteiger partial charge is 0.00580 e. The molecule has 1 aliphatic carbocycles. The summed E-state index contributed by atoms with van der Waals surface area (Å²) in [6.45, 7) is 9.29. The van der Waals surface area contributed by atoms with E-state index >= 15 is 0 Å². The predicted molar refractivity (Wildman–Crippen MR) is 55.1 cm³/mol. The van der Waals surface area contributed by atoms with Gasteiger partial charge in [-0.3, -0.25) is 0 Å². The summed E-state index contributed by atoms with van der Waals surface area (Å²) in [6, 6.07) is 0. The van der Waals surface area contributed by atoms with Crippen molar-refractivity contribution in [2.45, 2.75) is 40.5 Å². The van der Waals surface area contributed by atoms with Crippen LogP contribution in [0.4, 0.5) is 0 Å². The van der Waals surface area contributed by atoms with Crippen LogP contribution in [-0.4, -0.2) is 0 Å². The van der Waals surface area contributed by atoms with Gasteiger partial charge >= 0.3 is 0 Å². The van der Waals surface area contributed by atoms with E-state index in [0.717, 1.165) is 12.3 Å². The van der Waals surface area contributed by atoms with Crippen LogP contribution in [0.3, 0.4) is 0 Å². The largest absolute Gasteiger partial charge is 0.0804 e. The van der Waals surface area contributed by atoms with E-state index in [1.165, 1.54) is 6.42 Å². The molecule has 0 aliphatic heterocycles. The molecule has 0 heteroatoms. The maximum atomic E-state index is 2.37. The van der Waals surface area contributed by atoms with Crippen LogP contribution in [0, 0.1) is 11.3 Å². The van der Waals surface area contributed by atoms with Gasteiger partial charge in [0, 0.05) is 0 Å².